The third-order valence-electron chi connectivity index (χ3n) is 3.33. The number of hydrogen-bond acceptors (Lipinski definition) is 1. The molecule has 1 fully saturated rings. The lowest BCUT2D eigenvalue weighted by Crippen LogP contribution is -2.35. The molecule has 1 aliphatic carbocycles. The quantitative estimate of drug-likeness (QED) is 0.672. The topological polar surface area (TPSA) is 27.8 Å². The molecule has 1 atom stereocenters. The van der Waals surface area contributed by atoms with Crippen LogP contribution in [-0.2, 0) is 12.8 Å². The van der Waals surface area contributed by atoms with E-state index in [2.05, 4.69) is 16.4 Å². The van der Waals surface area contributed by atoms with Gasteiger partial charge < -0.3 is 10.3 Å². The molecule has 1 aromatic heterocycles. The predicted octanol–water partition coefficient (Wildman–Crippen LogP) is 1.93. The number of H-pyrrole nitrogens is 1. The number of aromatic amines is 1. The molecule has 0 amide bonds. The van der Waals surface area contributed by atoms with Gasteiger partial charge in [0.2, 0.25) is 0 Å². The van der Waals surface area contributed by atoms with Gasteiger partial charge >= 0.3 is 0 Å². The van der Waals surface area contributed by atoms with Crippen molar-refractivity contribution in [2.45, 2.75) is 38.1 Å². The minimum absolute atomic E-state index is 0.630. The van der Waals surface area contributed by atoms with Gasteiger partial charge in [-0.05, 0) is 50.3 Å². The average Bonchev–Trinajstić information content (AvgIpc) is 2.43. The van der Waals surface area contributed by atoms with Gasteiger partial charge in [0.05, 0.1) is 0 Å². The predicted molar refractivity (Wildman–Crippen MR) is 52.8 cm³/mol. The molecule has 70 valence electrons. The highest BCUT2D eigenvalue weighted by molar-refractivity contribution is 5.30. The van der Waals surface area contributed by atoms with Crippen LogP contribution in [-0.4, -0.2) is 11.5 Å². The molecule has 2 heteroatoms. The third-order valence-corrected chi connectivity index (χ3v) is 3.33. The SMILES string of the molecule is c1c([C@@H]2CCN2)[nH]c2c1CCCC2. The van der Waals surface area contributed by atoms with Crippen molar-refractivity contribution in [1.82, 2.24) is 10.3 Å². The Balaban J connectivity index is 1.90. The van der Waals surface area contributed by atoms with Crippen LogP contribution >= 0.6 is 0 Å². The number of aryl methyl sites for hydroxylation is 2. The van der Waals surface area contributed by atoms with E-state index >= 15 is 0 Å². The van der Waals surface area contributed by atoms with Crippen molar-refractivity contribution in [2.24, 2.45) is 0 Å². The average molecular weight is 176 g/mol. The summed E-state index contributed by atoms with van der Waals surface area (Å²) in [5.41, 5.74) is 4.52. The van der Waals surface area contributed by atoms with E-state index in [-0.39, 0.29) is 0 Å². The summed E-state index contributed by atoms with van der Waals surface area (Å²) in [6.07, 6.45) is 6.60. The molecule has 0 saturated carbocycles. The van der Waals surface area contributed by atoms with E-state index in [0.717, 1.165) is 0 Å². The van der Waals surface area contributed by atoms with Crippen molar-refractivity contribution in [2.75, 3.05) is 6.54 Å². The number of hydrogen-bond donors (Lipinski definition) is 2. The Kier molecular flexibility index (Phi) is 1.69. The van der Waals surface area contributed by atoms with Crippen LogP contribution in [0.25, 0.3) is 0 Å². The summed E-state index contributed by atoms with van der Waals surface area (Å²) in [4.78, 5) is 3.57. The van der Waals surface area contributed by atoms with Crippen LogP contribution in [0, 0.1) is 0 Å². The second-order valence-electron chi connectivity index (χ2n) is 4.23. The number of rotatable bonds is 1. The van der Waals surface area contributed by atoms with Crippen LogP contribution in [0.15, 0.2) is 6.07 Å². The van der Waals surface area contributed by atoms with E-state index < -0.39 is 0 Å². The number of nitrogens with one attached hydrogen (secondary N) is 2. The molecule has 3 rings (SSSR count). The second-order valence-corrected chi connectivity index (χ2v) is 4.23. The van der Waals surface area contributed by atoms with E-state index in [1.165, 1.54) is 50.0 Å². The molecule has 2 N–H and O–H groups in total. The van der Waals surface area contributed by atoms with Crippen LogP contribution in [0.5, 0.6) is 0 Å². The summed E-state index contributed by atoms with van der Waals surface area (Å²) in [5, 5.41) is 3.44. The van der Waals surface area contributed by atoms with Gasteiger partial charge in [-0.25, -0.2) is 0 Å². The fourth-order valence-electron chi connectivity index (χ4n) is 2.37. The maximum absolute atomic E-state index is 3.57. The van der Waals surface area contributed by atoms with Gasteiger partial charge in [-0.2, -0.15) is 0 Å². The van der Waals surface area contributed by atoms with E-state index in [1.54, 1.807) is 5.56 Å². The monoisotopic (exact) mass is 176 g/mol. The lowest BCUT2D eigenvalue weighted by Gasteiger charge is -2.26. The zero-order chi connectivity index (χ0) is 8.67. The zero-order valence-electron chi connectivity index (χ0n) is 7.90. The van der Waals surface area contributed by atoms with E-state index in [0.29, 0.717) is 6.04 Å². The van der Waals surface area contributed by atoms with Crippen molar-refractivity contribution >= 4 is 0 Å². The smallest absolute Gasteiger partial charge is 0.0485 e. The largest absolute Gasteiger partial charge is 0.361 e. The highest BCUT2D eigenvalue weighted by atomic mass is 15.0. The van der Waals surface area contributed by atoms with Gasteiger partial charge in [0, 0.05) is 17.4 Å². The molecule has 1 aromatic rings. The normalized spacial score (nSPS) is 26.6. The van der Waals surface area contributed by atoms with Crippen molar-refractivity contribution in [3.8, 4) is 0 Å². The molecule has 13 heavy (non-hydrogen) atoms. The molecule has 0 unspecified atom stereocenters. The van der Waals surface area contributed by atoms with Crippen molar-refractivity contribution < 1.29 is 0 Å². The van der Waals surface area contributed by atoms with Crippen LogP contribution in [0.2, 0.25) is 0 Å². The van der Waals surface area contributed by atoms with E-state index in [1.807, 2.05) is 0 Å². The fourth-order valence-corrected chi connectivity index (χ4v) is 2.37. The zero-order valence-corrected chi connectivity index (χ0v) is 7.90. The Morgan fingerprint density at radius 1 is 1.23 bits per heavy atom. The van der Waals surface area contributed by atoms with Gasteiger partial charge in [0.25, 0.3) is 0 Å². The van der Waals surface area contributed by atoms with Crippen LogP contribution in [0.1, 0.15) is 42.3 Å². The van der Waals surface area contributed by atoms with Crippen LogP contribution in [0.3, 0.4) is 0 Å². The van der Waals surface area contributed by atoms with E-state index in [9.17, 15) is 0 Å². The lowest BCUT2D eigenvalue weighted by atomic mass is 9.97. The standard InChI is InChI=1S/C11H16N2/c1-2-4-9-8(3-1)7-11(13-9)10-5-6-12-10/h7,10,12-13H,1-6H2/t10-/m0/s1. The fraction of sp³-hybridized carbons (Fsp3) is 0.636. The molecule has 0 radical (unpaired) electrons. The molecule has 2 aliphatic rings. The van der Waals surface area contributed by atoms with Crippen molar-refractivity contribution in [3.63, 3.8) is 0 Å². The van der Waals surface area contributed by atoms with E-state index in [4.69, 9.17) is 0 Å². The molecule has 2 heterocycles. The Bertz CT molecular complexity index is 286. The molecule has 0 aromatic carbocycles. The maximum Gasteiger partial charge on any atom is 0.0485 e. The van der Waals surface area contributed by atoms with Gasteiger partial charge in [-0.15, -0.1) is 0 Å². The Labute approximate surface area is 78.7 Å². The summed E-state index contributed by atoms with van der Waals surface area (Å²) < 4.78 is 0. The first-order chi connectivity index (χ1) is 6.43. The van der Waals surface area contributed by atoms with Crippen molar-refractivity contribution in [3.05, 3.63) is 23.0 Å². The van der Waals surface area contributed by atoms with Gasteiger partial charge in [0.1, 0.15) is 0 Å². The molecule has 2 nitrogen and oxygen atoms in total. The third kappa shape index (κ3) is 1.20. The van der Waals surface area contributed by atoms with Crippen LogP contribution < -0.4 is 5.32 Å². The minimum Gasteiger partial charge on any atom is -0.361 e. The molecule has 1 saturated heterocycles. The highest BCUT2D eigenvalue weighted by Crippen LogP contribution is 2.28. The maximum atomic E-state index is 3.57. The van der Waals surface area contributed by atoms with Gasteiger partial charge in [-0.1, -0.05) is 0 Å². The number of aromatic nitrogens is 1. The first-order valence-corrected chi connectivity index (χ1v) is 5.37. The minimum atomic E-state index is 0.630. The van der Waals surface area contributed by atoms with Crippen LogP contribution in [0.4, 0.5) is 0 Å². The first-order valence-electron chi connectivity index (χ1n) is 5.37. The first kappa shape index (κ1) is 7.63. The van der Waals surface area contributed by atoms with Crippen molar-refractivity contribution in [1.29, 1.82) is 0 Å². The molecular weight excluding hydrogens is 160 g/mol. The summed E-state index contributed by atoms with van der Waals surface area (Å²) in [6, 6.07) is 3.01. The molecular formula is C11H16N2. The second kappa shape index (κ2) is 2.88. The summed E-state index contributed by atoms with van der Waals surface area (Å²) >= 11 is 0. The lowest BCUT2D eigenvalue weighted by molar-refractivity contribution is 0.376. The Morgan fingerprint density at radius 2 is 2.08 bits per heavy atom. The van der Waals surface area contributed by atoms with Gasteiger partial charge in [-0.3, -0.25) is 0 Å². The number of fused-ring (bicyclic) bond motifs is 1. The summed E-state index contributed by atoms with van der Waals surface area (Å²) in [7, 11) is 0. The van der Waals surface area contributed by atoms with Gasteiger partial charge in [0.15, 0.2) is 0 Å². The Hall–Kier alpha value is -0.760. The molecule has 0 bridgehead atoms. The Morgan fingerprint density at radius 3 is 2.77 bits per heavy atom. The summed E-state index contributed by atoms with van der Waals surface area (Å²) in [6.45, 7) is 1.19. The summed E-state index contributed by atoms with van der Waals surface area (Å²) in [5.74, 6) is 0. The highest BCUT2D eigenvalue weighted by Gasteiger charge is 2.22. The molecule has 0 spiro atoms. The molecule has 1 aliphatic heterocycles.